The normalized spacial score (nSPS) is 10.9. The Balaban J connectivity index is 2.24. The number of rotatable bonds is 1. The van der Waals surface area contributed by atoms with Gasteiger partial charge in [-0.15, -0.1) is 22.7 Å². The molecule has 3 aromatic rings. The molecule has 0 aliphatic carbocycles. The third-order valence-electron chi connectivity index (χ3n) is 1.96. The molecule has 0 amide bonds. The van der Waals surface area contributed by atoms with Gasteiger partial charge in [0, 0.05) is 16.0 Å². The van der Waals surface area contributed by atoms with E-state index in [9.17, 15) is 0 Å². The predicted molar refractivity (Wildman–Crippen MR) is 60.7 cm³/mol. The number of fused-ring (bicyclic) bond motifs is 1. The smallest absolute Gasteiger partial charge is 0.116 e. The van der Waals surface area contributed by atoms with Crippen molar-refractivity contribution in [1.29, 1.82) is 0 Å². The summed E-state index contributed by atoms with van der Waals surface area (Å²) >= 11 is 3.49. The first-order valence-corrected chi connectivity index (χ1v) is 5.86. The molecule has 14 heavy (non-hydrogen) atoms. The quantitative estimate of drug-likeness (QED) is 0.625. The van der Waals surface area contributed by atoms with Crippen LogP contribution in [0, 0.1) is 0 Å². The van der Waals surface area contributed by atoms with Gasteiger partial charge < -0.3 is 0 Å². The minimum absolute atomic E-state index is 1.04. The number of hydrogen-bond acceptors (Lipinski definition) is 4. The van der Waals surface area contributed by atoms with Crippen molar-refractivity contribution in [3.63, 3.8) is 0 Å². The maximum atomic E-state index is 4.22. The monoisotopic (exact) mass is 218 g/mol. The lowest BCUT2D eigenvalue weighted by atomic mass is 10.3. The molecule has 3 aromatic heterocycles. The van der Waals surface area contributed by atoms with E-state index < -0.39 is 0 Å². The van der Waals surface area contributed by atoms with Gasteiger partial charge in [0.2, 0.25) is 0 Å². The van der Waals surface area contributed by atoms with Gasteiger partial charge in [-0.25, -0.2) is 9.97 Å². The number of hydrogen-bond donors (Lipinski definition) is 0. The molecule has 3 rings (SSSR count). The zero-order chi connectivity index (χ0) is 9.38. The zero-order valence-corrected chi connectivity index (χ0v) is 8.81. The molecule has 0 saturated heterocycles. The second kappa shape index (κ2) is 3.15. The van der Waals surface area contributed by atoms with Gasteiger partial charge in [-0.05, 0) is 17.5 Å². The fraction of sp³-hybridized carbons (Fsp3) is 0. The van der Waals surface area contributed by atoms with Crippen molar-refractivity contribution in [2.75, 3.05) is 0 Å². The van der Waals surface area contributed by atoms with Crippen LogP contribution in [0.5, 0.6) is 0 Å². The molecule has 0 aliphatic rings. The van der Waals surface area contributed by atoms with Crippen LogP contribution in [0.15, 0.2) is 36.1 Å². The van der Waals surface area contributed by atoms with Crippen molar-refractivity contribution in [2.24, 2.45) is 0 Å². The summed E-state index contributed by atoms with van der Waals surface area (Å²) in [6.07, 6.45) is 3.46. The predicted octanol–water partition coefficient (Wildman–Crippen LogP) is 3.42. The molecule has 0 radical (unpaired) electrons. The van der Waals surface area contributed by atoms with E-state index in [2.05, 4.69) is 33.5 Å². The van der Waals surface area contributed by atoms with Crippen LogP contribution in [0.4, 0.5) is 0 Å². The van der Waals surface area contributed by atoms with E-state index in [-0.39, 0.29) is 0 Å². The number of thiophene rings is 2. The molecular formula is C10H6N2S2. The first-order chi connectivity index (χ1) is 6.93. The minimum Gasteiger partial charge on any atom is -0.243 e. The molecule has 0 spiro atoms. The van der Waals surface area contributed by atoms with Crippen molar-refractivity contribution in [2.45, 2.75) is 0 Å². The van der Waals surface area contributed by atoms with Gasteiger partial charge in [0.05, 0.1) is 10.2 Å². The molecule has 0 fully saturated rings. The molecule has 0 N–H and O–H groups in total. The Labute approximate surface area is 88.9 Å². The Bertz CT molecular complexity index is 521. The third-order valence-corrected chi connectivity index (χ3v) is 4.08. The standard InChI is InChI=1S/C10H6N2S2/c1-2-8(13-3-1)9-4-7-10(14-9)5-11-6-12-7/h1-6H. The van der Waals surface area contributed by atoms with Gasteiger partial charge in [-0.2, -0.15) is 0 Å². The highest BCUT2D eigenvalue weighted by Gasteiger charge is 2.04. The molecule has 4 heteroatoms. The molecule has 0 aliphatic heterocycles. The molecular weight excluding hydrogens is 212 g/mol. The van der Waals surface area contributed by atoms with Crippen molar-refractivity contribution >= 4 is 32.9 Å². The van der Waals surface area contributed by atoms with Gasteiger partial charge in [-0.3, -0.25) is 0 Å². The van der Waals surface area contributed by atoms with E-state index in [1.54, 1.807) is 29.0 Å². The fourth-order valence-electron chi connectivity index (χ4n) is 1.33. The largest absolute Gasteiger partial charge is 0.243 e. The molecule has 0 atom stereocenters. The SMILES string of the molecule is c1csc(-c2cc3ncncc3s2)c1. The highest BCUT2D eigenvalue weighted by molar-refractivity contribution is 7.25. The van der Waals surface area contributed by atoms with Crippen LogP contribution in [0.1, 0.15) is 0 Å². The molecule has 0 aromatic carbocycles. The van der Waals surface area contributed by atoms with Crippen molar-refractivity contribution in [1.82, 2.24) is 9.97 Å². The average molecular weight is 218 g/mol. The summed E-state index contributed by atoms with van der Waals surface area (Å²) in [6.45, 7) is 0. The molecule has 0 unspecified atom stereocenters. The van der Waals surface area contributed by atoms with Gasteiger partial charge in [0.15, 0.2) is 0 Å². The fourth-order valence-corrected chi connectivity index (χ4v) is 3.14. The maximum absolute atomic E-state index is 4.22. The summed E-state index contributed by atoms with van der Waals surface area (Å²) in [5.74, 6) is 0. The third kappa shape index (κ3) is 1.23. The molecule has 68 valence electrons. The van der Waals surface area contributed by atoms with Gasteiger partial charge in [0.1, 0.15) is 6.33 Å². The van der Waals surface area contributed by atoms with E-state index in [0.717, 1.165) is 10.2 Å². The van der Waals surface area contributed by atoms with Crippen molar-refractivity contribution in [3.05, 3.63) is 36.1 Å². The summed E-state index contributed by atoms with van der Waals surface area (Å²) in [4.78, 5) is 10.8. The maximum Gasteiger partial charge on any atom is 0.116 e. The summed E-state index contributed by atoms with van der Waals surface area (Å²) in [5, 5.41) is 2.09. The second-order valence-electron chi connectivity index (χ2n) is 2.86. The van der Waals surface area contributed by atoms with E-state index >= 15 is 0 Å². The van der Waals surface area contributed by atoms with Gasteiger partial charge in [0.25, 0.3) is 0 Å². The Hall–Kier alpha value is -1.26. The Morgan fingerprint density at radius 2 is 2.21 bits per heavy atom. The highest BCUT2D eigenvalue weighted by atomic mass is 32.1. The van der Waals surface area contributed by atoms with Crippen LogP contribution in [-0.4, -0.2) is 9.97 Å². The Morgan fingerprint density at radius 1 is 1.21 bits per heavy atom. The highest BCUT2D eigenvalue weighted by Crippen LogP contribution is 2.34. The first kappa shape index (κ1) is 8.08. The van der Waals surface area contributed by atoms with E-state index in [1.807, 2.05) is 6.20 Å². The summed E-state index contributed by atoms with van der Waals surface area (Å²) in [6, 6.07) is 6.31. The van der Waals surface area contributed by atoms with Gasteiger partial charge in [-0.1, -0.05) is 6.07 Å². The second-order valence-corrected chi connectivity index (χ2v) is 4.89. The minimum atomic E-state index is 1.04. The van der Waals surface area contributed by atoms with Crippen molar-refractivity contribution in [3.8, 4) is 9.75 Å². The topological polar surface area (TPSA) is 25.8 Å². The van der Waals surface area contributed by atoms with Crippen LogP contribution in [0.3, 0.4) is 0 Å². The van der Waals surface area contributed by atoms with Gasteiger partial charge >= 0.3 is 0 Å². The molecule has 0 bridgehead atoms. The molecule has 3 heterocycles. The van der Waals surface area contributed by atoms with Crippen LogP contribution in [0.2, 0.25) is 0 Å². The summed E-state index contributed by atoms with van der Waals surface area (Å²) in [7, 11) is 0. The number of nitrogens with zero attached hydrogens (tertiary/aromatic N) is 2. The molecule has 0 saturated carbocycles. The van der Waals surface area contributed by atoms with Crippen LogP contribution >= 0.6 is 22.7 Å². The zero-order valence-electron chi connectivity index (χ0n) is 7.18. The van der Waals surface area contributed by atoms with Crippen LogP contribution in [0.25, 0.3) is 20.0 Å². The summed E-state index contributed by atoms with van der Waals surface area (Å²) < 4.78 is 1.15. The summed E-state index contributed by atoms with van der Waals surface area (Å²) in [5.41, 5.74) is 1.04. The lowest BCUT2D eigenvalue weighted by Gasteiger charge is -1.85. The van der Waals surface area contributed by atoms with E-state index in [1.165, 1.54) is 9.75 Å². The lowest BCUT2D eigenvalue weighted by Crippen LogP contribution is -1.72. The first-order valence-electron chi connectivity index (χ1n) is 4.17. The average Bonchev–Trinajstić information content (AvgIpc) is 2.86. The number of aromatic nitrogens is 2. The van der Waals surface area contributed by atoms with Crippen LogP contribution < -0.4 is 0 Å². The van der Waals surface area contributed by atoms with E-state index in [0.29, 0.717) is 0 Å². The molecule has 2 nitrogen and oxygen atoms in total. The van der Waals surface area contributed by atoms with Crippen molar-refractivity contribution < 1.29 is 0 Å². The Morgan fingerprint density at radius 3 is 3.00 bits per heavy atom. The van der Waals surface area contributed by atoms with Crippen LogP contribution in [-0.2, 0) is 0 Å². The lowest BCUT2D eigenvalue weighted by molar-refractivity contribution is 1.23. The van der Waals surface area contributed by atoms with E-state index in [4.69, 9.17) is 0 Å². The Kier molecular flexibility index (Phi) is 1.82.